The van der Waals surface area contributed by atoms with Gasteiger partial charge in [0.05, 0.1) is 17.4 Å². The lowest BCUT2D eigenvalue weighted by Gasteiger charge is -2.12. The number of aliphatic hydroxyl groups excluding tert-OH is 1. The molecule has 0 fully saturated rings. The summed E-state index contributed by atoms with van der Waals surface area (Å²) in [5, 5.41) is 17.9. The van der Waals surface area contributed by atoms with Crippen LogP contribution in [0.1, 0.15) is 24.9 Å². The van der Waals surface area contributed by atoms with Gasteiger partial charge in [-0.15, -0.1) is 0 Å². The van der Waals surface area contributed by atoms with E-state index in [1.165, 1.54) is 0 Å². The lowest BCUT2D eigenvalue weighted by Crippen LogP contribution is -2.32. The van der Waals surface area contributed by atoms with Crippen LogP contribution < -0.4 is 11.1 Å². The standard InChI is InChI=1S/C20H22N6O2/c1-12(20(28)23-6-2-8-27)26-11-16-18(25-26)15-4-3-13(14-5-7-22-10-14)9-17(15)24-19(16)21/h3-5,7,9,11-12,27H,2,6,8,10H2,1H3,(H2,21,24)(H,23,28). The fourth-order valence-corrected chi connectivity index (χ4v) is 3.28. The molecule has 1 unspecified atom stereocenters. The molecule has 3 aromatic rings. The molecule has 1 amide bonds. The van der Waals surface area contributed by atoms with E-state index in [9.17, 15) is 4.79 Å². The second-order valence-corrected chi connectivity index (χ2v) is 6.83. The predicted molar refractivity (Wildman–Crippen MR) is 110 cm³/mol. The van der Waals surface area contributed by atoms with Crippen LogP contribution in [0.3, 0.4) is 0 Å². The van der Waals surface area contributed by atoms with E-state index in [2.05, 4.69) is 20.4 Å². The molecule has 8 heteroatoms. The minimum Gasteiger partial charge on any atom is -0.396 e. The minimum atomic E-state index is -0.499. The van der Waals surface area contributed by atoms with Crippen molar-refractivity contribution >= 4 is 45.3 Å². The molecule has 0 spiro atoms. The van der Waals surface area contributed by atoms with Crippen LogP contribution >= 0.6 is 0 Å². The Morgan fingerprint density at radius 3 is 3.00 bits per heavy atom. The number of carbonyl (C=O) groups is 1. The molecule has 0 aliphatic carbocycles. The summed E-state index contributed by atoms with van der Waals surface area (Å²) in [5.41, 5.74) is 9.87. The number of nitrogen functional groups attached to an aromatic ring is 1. The minimum absolute atomic E-state index is 0.0412. The molecule has 0 saturated carbocycles. The largest absolute Gasteiger partial charge is 0.396 e. The number of rotatable bonds is 6. The quantitative estimate of drug-likeness (QED) is 0.564. The van der Waals surface area contributed by atoms with Gasteiger partial charge in [0.1, 0.15) is 17.4 Å². The lowest BCUT2D eigenvalue weighted by atomic mass is 10.0. The number of hydrogen-bond acceptors (Lipinski definition) is 6. The van der Waals surface area contributed by atoms with Gasteiger partial charge >= 0.3 is 0 Å². The average molecular weight is 378 g/mol. The van der Waals surface area contributed by atoms with Crippen LogP contribution in [0.5, 0.6) is 0 Å². The van der Waals surface area contributed by atoms with Gasteiger partial charge in [-0.3, -0.25) is 14.5 Å². The number of aliphatic hydroxyl groups is 1. The molecule has 0 bridgehead atoms. The number of pyridine rings is 1. The van der Waals surface area contributed by atoms with E-state index in [4.69, 9.17) is 10.8 Å². The summed E-state index contributed by atoms with van der Waals surface area (Å²) in [6, 6.07) is 5.52. The number of aliphatic imine (C=N–C) groups is 1. The monoisotopic (exact) mass is 378 g/mol. The predicted octanol–water partition coefficient (Wildman–Crippen LogP) is 1.69. The smallest absolute Gasteiger partial charge is 0.244 e. The van der Waals surface area contributed by atoms with Gasteiger partial charge in [0.2, 0.25) is 5.91 Å². The van der Waals surface area contributed by atoms with Gasteiger partial charge in [0.25, 0.3) is 0 Å². The third-order valence-electron chi connectivity index (χ3n) is 4.93. The van der Waals surface area contributed by atoms with E-state index < -0.39 is 6.04 Å². The summed E-state index contributed by atoms with van der Waals surface area (Å²) in [6.45, 7) is 2.91. The third-order valence-corrected chi connectivity index (χ3v) is 4.93. The van der Waals surface area contributed by atoms with Gasteiger partial charge < -0.3 is 16.2 Å². The highest BCUT2D eigenvalue weighted by Crippen LogP contribution is 2.30. The summed E-state index contributed by atoms with van der Waals surface area (Å²) >= 11 is 0. The van der Waals surface area contributed by atoms with Crippen molar-refractivity contribution in [2.45, 2.75) is 19.4 Å². The summed E-state index contributed by atoms with van der Waals surface area (Å²) < 4.78 is 1.61. The van der Waals surface area contributed by atoms with Crippen LogP contribution in [0.15, 0.2) is 35.5 Å². The zero-order chi connectivity index (χ0) is 19.7. The van der Waals surface area contributed by atoms with Crippen molar-refractivity contribution in [3.05, 3.63) is 36.0 Å². The Bertz CT molecular complexity index is 1110. The van der Waals surface area contributed by atoms with Crippen molar-refractivity contribution in [3.63, 3.8) is 0 Å². The van der Waals surface area contributed by atoms with Gasteiger partial charge in [-0.1, -0.05) is 6.07 Å². The van der Waals surface area contributed by atoms with Gasteiger partial charge in [0, 0.05) is 30.9 Å². The molecule has 3 heterocycles. The fraction of sp³-hybridized carbons (Fsp3) is 0.300. The van der Waals surface area contributed by atoms with E-state index >= 15 is 0 Å². The molecule has 1 atom stereocenters. The molecule has 2 aromatic heterocycles. The first-order chi connectivity index (χ1) is 13.6. The molecule has 28 heavy (non-hydrogen) atoms. The first kappa shape index (κ1) is 18.1. The fourth-order valence-electron chi connectivity index (χ4n) is 3.28. The van der Waals surface area contributed by atoms with E-state index in [1.54, 1.807) is 24.0 Å². The highest BCUT2D eigenvalue weighted by molar-refractivity contribution is 6.08. The zero-order valence-electron chi connectivity index (χ0n) is 15.6. The number of carbonyl (C=O) groups excluding carboxylic acids is 1. The maximum atomic E-state index is 12.3. The Morgan fingerprint density at radius 2 is 2.25 bits per heavy atom. The van der Waals surface area contributed by atoms with Crippen LogP contribution in [0.4, 0.5) is 5.82 Å². The second-order valence-electron chi connectivity index (χ2n) is 6.83. The lowest BCUT2D eigenvalue weighted by molar-refractivity contribution is -0.124. The van der Waals surface area contributed by atoms with Crippen molar-refractivity contribution < 1.29 is 9.90 Å². The zero-order valence-corrected chi connectivity index (χ0v) is 15.6. The highest BCUT2D eigenvalue weighted by Gasteiger charge is 2.19. The van der Waals surface area contributed by atoms with Gasteiger partial charge in [-0.05, 0) is 42.7 Å². The molecule has 1 aliphatic heterocycles. The van der Waals surface area contributed by atoms with Crippen molar-refractivity contribution in [1.29, 1.82) is 0 Å². The van der Waals surface area contributed by atoms with Crippen molar-refractivity contribution in [2.24, 2.45) is 4.99 Å². The van der Waals surface area contributed by atoms with Crippen molar-refractivity contribution in [1.82, 2.24) is 20.1 Å². The molecule has 1 aromatic carbocycles. The van der Waals surface area contributed by atoms with Crippen LogP contribution in [0.25, 0.3) is 27.4 Å². The maximum absolute atomic E-state index is 12.3. The number of fused-ring (bicyclic) bond motifs is 3. The molecule has 8 nitrogen and oxygen atoms in total. The van der Waals surface area contributed by atoms with Gasteiger partial charge in [-0.2, -0.15) is 5.10 Å². The number of aromatic nitrogens is 3. The van der Waals surface area contributed by atoms with E-state index in [0.717, 1.165) is 32.9 Å². The van der Waals surface area contributed by atoms with Crippen molar-refractivity contribution in [2.75, 3.05) is 25.4 Å². The molecule has 0 radical (unpaired) electrons. The first-order valence-electron chi connectivity index (χ1n) is 9.24. The number of nitrogens with one attached hydrogen (secondary N) is 1. The number of allylic oxidation sites excluding steroid dienone is 1. The third kappa shape index (κ3) is 3.22. The normalized spacial score (nSPS) is 14.6. The summed E-state index contributed by atoms with van der Waals surface area (Å²) in [6.07, 6.45) is 6.08. The Labute approximate surface area is 161 Å². The van der Waals surface area contributed by atoms with Crippen LogP contribution in [-0.4, -0.2) is 51.7 Å². The Morgan fingerprint density at radius 1 is 1.39 bits per heavy atom. The number of hydrogen-bond donors (Lipinski definition) is 3. The number of amides is 1. The number of benzene rings is 1. The second kappa shape index (κ2) is 7.40. The Balaban J connectivity index is 1.71. The average Bonchev–Trinajstić information content (AvgIpc) is 3.37. The van der Waals surface area contributed by atoms with E-state index in [1.807, 2.05) is 24.3 Å². The molecule has 0 saturated heterocycles. The Kier molecular flexibility index (Phi) is 4.79. The summed E-state index contributed by atoms with van der Waals surface area (Å²) in [5.74, 6) is 0.225. The van der Waals surface area contributed by atoms with E-state index in [0.29, 0.717) is 25.3 Å². The number of nitrogens with zero attached hydrogens (tertiary/aromatic N) is 4. The summed E-state index contributed by atoms with van der Waals surface area (Å²) in [4.78, 5) is 21.1. The molecule has 4 N–H and O–H groups in total. The van der Waals surface area contributed by atoms with E-state index in [-0.39, 0.29) is 12.5 Å². The summed E-state index contributed by atoms with van der Waals surface area (Å²) in [7, 11) is 0. The molecule has 144 valence electrons. The molecule has 1 aliphatic rings. The van der Waals surface area contributed by atoms with Crippen molar-refractivity contribution in [3.8, 4) is 0 Å². The Hall–Kier alpha value is -3.26. The van der Waals surface area contributed by atoms with Gasteiger partial charge in [0.15, 0.2) is 0 Å². The number of nitrogens with two attached hydrogens (primary N) is 1. The SMILES string of the molecule is CC(C(=O)NCCCO)n1cc2c(N)nc3cc(C4=CC=NC4)ccc3c2n1. The van der Waals surface area contributed by atoms with Crippen LogP contribution in [0, 0.1) is 0 Å². The highest BCUT2D eigenvalue weighted by atomic mass is 16.3. The van der Waals surface area contributed by atoms with Crippen LogP contribution in [-0.2, 0) is 4.79 Å². The van der Waals surface area contributed by atoms with Gasteiger partial charge in [-0.25, -0.2) is 4.98 Å². The van der Waals surface area contributed by atoms with Crippen LogP contribution in [0.2, 0.25) is 0 Å². The molecular formula is C20H22N6O2. The maximum Gasteiger partial charge on any atom is 0.244 e. The topological polar surface area (TPSA) is 118 Å². The molecular weight excluding hydrogens is 356 g/mol. The number of anilines is 1. The first-order valence-corrected chi connectivity index (χ1v) is 9.24. The molecule has 4 rings (SSSR count).